The fourth-order valence-electron chi connectivity index (χ4n) is 2.10. The zero-order valence-corrected chi connectivity index (χ0v) is 10.4. The zero-order chi connectivity index (χ0) is 12.3. The molecule has 0 radical (unpaired) electrons. The smallest absolute Gasteiger partial charge is 0.138 e. The molecule has 0 spiro atoms. The van der Waals surface area contributed by atoms with E-state index < -0.39 is 0 Å². The van der Waals surface area contributed by atoms with E-state index >= 15 is 0 Å². The number of rotatable bonds is 4. The standard InChI is InChI=1S/C13H20N2O2/c1-9-3-4-13(16)12(15-9)7-14-10(2)11-5-6-17-8-11/h3-4,10-11,14,16H,5-8H2,1-2H3. The van der Waals surface area contributed by atoms with E-state index in [2.05, 4.69) is 17.2 Å². The molecular formula is C13H20N2O2. The second kappa shape index (κ2) is 5.47. The highest BCUT2D eigenvalue weighted by Gasteiger charge is 2.22. The Labute approximate surface area is 102 Å². The number of hydrogen-bond acceptors (Lipinski definition) is 4. The Hall–Kier alpha value is -1.13. The van der Waals surface area contributed by atoms with Gasteiger partial charge in [-0.05, 0) is 38.3 Å². The molecule has 2 unspecified atom stereocenters. The van der Waals surface area contributed by atoms with Crippen molar-refractivity contribution >= 4 is 0 Å². The highest BCUT2D eigenvalue weighted by molar-refractivity contribution is 5.27. The van der Waals surface area contributed by atoms with Gasteiger partial charge >= 0.3 is 0 Å². The van der Waals surface area contributed by atoms with E-state index in [1.807, 2.05) is 13.0 Å². The lowest BCUT2D eigenvalue weighted by molar-refractivity contribution is 0.178. The van der Waals surface area contributed by atoms with Crippen LogP contribution < -0.4 is 5.32 Å². The summed E-state index contributed by atoms with van der Waals surface area (Å²) >= 11 is 0. The van der Waals surface area contributed by atoms with E-state index in [-0.39, 0.29) is 5.75 Å². The van der Waals surface area contributed by atoms with Gasteiger partial charge in [-0.2, -0.15) is 0 Å². The van der Waals surface area contributed by atoms with E-state index in [1.54, 1.807) is 6.07 Å². The number of nitrogens with one attached hydrogen (secondary N) is 1. The summed E-state index contributed by atoms with van der Waals surface area (Å²) in [6, 6.07) is 3.90. The number of hydrogen-bond donors (Lipinski definition) is 2. The van der Waals surface area contributed by atoms with Crippen LogP contribution in [0.2, 0.25) is 0 Å². The summed E-state index contributed by atoms with van der Waals surface area (Å²) in [6.07, 6.45) is 1.11. The molecule has 1 aromatic rings. The Kier molecular flexibility index (Phi) is 3.97. The van der Waals surface area contributed by atoms with Crippen LogP contribution >= 0.6 is 0 Å². The maximum absolute atomic E-state index is 9.69. The highest BCUT2D eigenvalue weighted by Crippen LogP contribution is 2.18. The van der Waals surface area contributed by atoms with Crippen molar-refractivity contribution in [1.29, 1.82) is 0 Å². The van der Waals surface area contributed by atoms with Crippen molar-refractivity contribution in [1.82, 2.24) is 10.3 Å². The van der Waals surface area contributed by atoms with Crippen molar-refractivity contribution in [3.05, 3.63) is 23.5 Å². The van der Waals surface area contributed by atoms with Gasteiger partial charge in [0.15, 0.2) is 0 Å². The molecule has 0 amide bonds. The summed E-state index contributed by atoms with van der Waals surface area (Å²) in [5.74, 6) is 0.833. The van der Waals surface area contributed by atoms with Gasteiger partial charge in [0.2, 0.25) is 0 Å². The van der Waals surface area contributed by atoms with Crippen molar-refractivity contribution < 1.29 is 9.84 Å². The molecule has 1 fully saturated rings. The third-order valence-electron chi connectivity index (χ3n) is 3.35. The van der Waals surface area contributed by atoms with Gasteiger partial charge in [0.25, 0.3) is 0 Å². The van der Waals surface area contributed by atoms with Crippen LogP contribution in [-0.4, -0.2) is 29.3 Å². The topological polar surface area (TPSA) is 54.4 Å². The maximum Gasteiger partial charge on any atom is 0.138 e. The first-order valence-electron chi connectivity index (χ1n) is 6.13. The summed E-state index contributed by atoms with van der Waals surface area (Å²) in [7, 11) is 0. The fraction of sp³-hybridized carbons (Fsp3) is 0.615. The monoisotopic (exact) mass is 236 g/mol. The third-order valence-corrected chi connectivity index (χ3v) is 3.35. The molecule has 4 heteroatoms. The van der Waals surface area contributed by atoms with Crippen LogP contribution in [0.3, 0.4) is 0 Å². The molecule has 0 aliphatic carbocycles. The summed E-state index contributed by atoms with van der Waals surface area (Å²) in [5, 5.41) is 13.1. The Morgan fingerprint density at radius 3 is 3.12 bits per heavy atom. The van der Waals surface area contributed by atoms with Gasteiger partial charge in [0.05, 0.1) is 12.3 Å². The molecule has 2 atom stereocenters. The molecule has 1 saturated heterocycles. The normalized spacial score (nSPS) is 21.6. The number of nitrogens with zero attached hydrogens (tertiary/aromatic N) is 1. The minimum Gasteiger partial charge on any atom is -0.506 e. The quantitative estimate of drug-likeness (QED) is 0.834. The van der Waals surface area contributed by atoms with E-state index in [4.69, 9.17) is 4.74 Å². The van der Waals surface area contributed by atoms with Gasteiger partial charge in [0.1, 0.15) is 5.75 Å². The molecule has 94 valence electrons. The number of aryl methyl sites for hydroxylation is 1. The molecule has 1 aromatic heterocycles. The largest absolute Gasteiger partial charge is 0.506 e. The molecule has 1 aliphatic heterocycles. The fourth-order valence-corrected chi connectivity index (χ4v) is 2.10. The van der Waals surface area contributed by atoms with Gasteiger partial charge < -0.3 is 15.2 Å². The van der Waals surface area contributed by atoms with Crippen molar-refractivity contribution in [2.75, 3.05) is 13.2 Å². The van der Waals surface area contributed by atoms with Crippen molar-refractivity contribution in [2.45, 2.75) is 32.9 Å². The Balaban J connectivity index is 1.90. The number of aromatic hydroxyl groups is 1. The Morgan fingerprint density at radius 1 is 1.59 bits per heavy atom. The van der Waals surface area contributed by atoms with Crippen LogP contribution in [0.4, 0.5) is 0 Å². The molecule has 0 aromatic carbocycles. The average Bonchev–Trinajstić information content (AvgIpc) is 2.83. The summed E-state index contributed by atoms with van der Waals surface area (Å²) < 4.78 is 5.37. The van der Waals surface area contributed by atoms with Crippen LogP contribution in [0.1, 0.15) is 24.7 Å². The number of ether oxygens (including phenoxy) is 1. The molecule has 2 rings (SSSR count). The molecule has 1 aliphatic rings. The zero-order valence-electron chi connectivity index (χ0n) is 10.4. The summed E-state index contributed by atoms with van der Waals surface area (Å²) in [5.41, 5.74) is 1.65. The van der Waals surface area contributed by atoms with Crippen LogP contribution in [-0.2, 0) is 11.3 Å². The first-order chi connectivity index (χ1) is 8.16. The second-order valence-electron chi connectivity index (χ2n) is 4.71. The summed E-state index contributed by atoms with van der Waals surface area (Å²) in [4.78, 5) is 4.33. The van der Waals surface area contributed by atoms with Gasteiger partial charge in [-0.3, -0.25) is 4.98 Å². The van der Waals surface area contributed by atoms with Gasteiger partial charge in [-0.1, -0.05) is 0 Å². The minimum atomic E-state index is 0.262. The number of pyridine rings is 1. The first kappa shape index (κ1) is 12.3. The third kappa shape index (κ3) is 3.17. The first-order valence-corrected chi connectivity index (χ1v) is 6.13. The van der Waals surface area contributed by atoms with Gasteiger partial charge in [0, 0.05) is 24.9 Å². The van der Waals surface area contributed by atoms with Crippen molar-refractivity contribution in [2.24, 2.45) is 5.92 Å². The van der Waals surface area contributed by atoms with Crippen LogP contribution in [0.25, 0.3) is 0 Å². The highest BCUT2D eigenvalue weighted by atomic mass is 16.5. The lowest BCUT2D eigenvalue weighted by atomic mass is 10.0. The van der Waals surface area contributed by atoms with Crippen molar-refractivity contribution in [3.63, 3.8) is 0 Å². The Bertz CT molecular complexity index is 376. The molecule has 17 heavy (non-hydrogen) atoms. The van der Waals surface area contributed by atoms with E-state index in [0.29, 0.717) is 18.5 Å². The lowest BCUT2D eigenvalue weighted by Crippen LogP contribution is -2.33. The molecule has 0 saturated carbocycles. The van der Waals surface area contributed by atoms with Crippen molar-refractivity contribution in [3.8, 4) is 5.75 Å². The lowest BCUT2D eigenvalue weighted by Gasteiger charge is -2.19. The van der Waals surface area contributed by atoms with E-state index in [9.17, 15) is 5.11 Å². The van der Waals surface area contributed by atoms with E-state index in [1.165, 1.54) is 0 Å². The Morgan fingerprint density at radius 2 is 2.41 bits per heavy atom. The number of aromatic nitrogens is 1. The minimum absolute atomic E-state index is 0.262. The SMILES string of the molecule is Cc1ccc(O)c(CNC(C)C2CCOC2)n1. The average molecular weight is 236 g/mol. The van der Waals surface area contributed by atoms with E-state index in [0.717, 1.165) is 31.0 Å². The predicted octanol–water partition coefficient (Wildman–Crippen LogP) is 1.61. The van der Waals surface area contributed by atoms with Gasteiger partial charge in [-0.15, -0.1) is 0 Å². The van der Waals surface area contributed by atoms with Crippen LogP contribution in [0.5, 0.6) is 5.75 Å². The van der Waals surface area contributed by atoms with Crippen LogP contribution in [0, 0.1) is 12.8 Å². The molecule has 2 heterocycles. The maximum atomic E-state index is 9.69. The van der Waals surface area contributed by atoms with Gasteiger partial charge in [-0.25, -0.2) is 0 Å². The molecule has 4 nitrogen and oxygen atoms in total. The molecule has 2 N–H and O–H groups in total. The van der Waals surface area contributed by atoms with Crippen LogP contribution in [0.15, 0.2) is 12.1 Å². The summed E-state index contributed by atoms with van der Waals surface area (Å²) in [6.45, 7) is 6.39. The molecular weight excluding hydrogens is 216 g/mol. The second-order valence-corrected chi connectivity index (χ2v) is 4.71. The predicted molar refractivity (Wildman–Crippen MR) is 65.9 cm³/mol. The molecule has 0 bridgehead atoms.